The highest BCUT2D eigenvalue weighted by atomic mass is 16.6. The molecule has 1 rings (SSSR count). The molecule has 1 N–H and O–H groups in total. The molecule has 0 aliphatic heterocycles. The molecule has 1 unspecified atom stereocenters. The van der Waals surface area contributed by atoms with Crippen molar-refractivity contribution in [3.05, 3.63) is 0 Å². The van der Waals surface area contributed by atoms with Crippen LogP contribution in [0.15, 0.2) is 0 Å². The van der Waals surface area contributed by atoms with Gasteiger partial charge in [0.1, 0.15) is 5.60 Å². The lowest BCUT2D eigenvalue weighted by atomic mass is 9.92. The maximum Gasteiger partial charge on any atom is 0.410 e. The van der Waals surface area contributed by atoms with E-state index in [0.29, 0.717) is 18.0 Å². The quantitative estimate of drug-likeness (QED) is 0.839. The van der Waals surface area contributed by atoms with Crippen molar-refractivity contribution in [2.45, 2.75) is 85.4 Å². The van der Waals surface area contributed by atoms with Crippen molar-refractivity contribution in [2.24, 2.45) is 5.41 Å². The standard InChI is InChI=1S/C17H34N2O2/c1-13(2)19(15(20)21-16(3,4)5)11-10-18-14-8-9-17(6,7)12-14/h13-14,18H,8-12H2,1-7H3. The number of amides is 1. The first kappa shape index (κ1) is 18.3. The minimum absolute atomic E-state index is 0.154. The average Bonchev–Trinajstić information content (AvgIpc) is 2.61. The first-order chi connectivity index (χ1) is 9.50. The monoisotopic (exact) mass is 298 g/mol. The number of carbonyl (C=O) groups excluding carboxylic acids is 1. The fourth-order valence-corrected chi connectivity index (χ4v) is 2.88. The third-order valence-electron chi connectivity index (χ3n) is 4.01. The summed E-state index contributed by atoms with van der Waals surface area (Å²) in [5.41, 5.74) is 0.0215. The third kappa shape index (κ3) is 6.68. The first-order valence-corrected chi connectivity index (χ1v) is 8.23. The van der Waals surface area contributed by atoms with Gasteiger partial charge in [0.2, 0.25) is 0 Å². The molecule has 21 heavy (non-hydrogen) atoms. The highest BCUT2D eigenvalue weighted by Crippen LogP contribution is 2.36. The Morgan fingerprint density at radius 1 is 1.38 bits per heavy atom. The number of hydrogen-bond acceptors (Lipinski definition) is 3. The van der Waals surface area contributed by atoms with Gasteiger partial charge < -0.3 is 15.0 Å². The van der Waals surface area contributed by atoms with Gasteiger partial charge in [0.15, 0.2) is 0 Å². The Labute approximate surface area is 130 Å². The van der Waals surface area contributed by atoms with Gasteiger partial charge in [-0.05, 0) is 59.3 Å². The Bertz CT molecular complexity index is 345. The van der Waals surface area contributed by atoms with Crippen LogP contribution < -0.4 is 5.32 Å². The van der Waals surface area contributed by atoms with E-state index in [-0.39, 0.29) is 12.1 Å². The zero-order valence-corrected chi connectivity index (χ0v) is 15.0. The zero-order chi connectivity index (χ0) is 16.3. The van der Waals surface area contributed by atoms with Gasteiger partial charge in [-0.3, -0.25) is 0 Å². The number of ether oxygens (including phenoxy) is 1. The Balaban J connectivity index is 2.40. The van der Waals surface area contributed by atoms with Crippen LogP contribution in [0.3, 0.4) is 0 Å². The van der Waals surface area contributed by atoms with Crippen LogP contribution in [0.25, 0.3) is 0 Å². The molecule has 0 aromatic rings. The number of nitrogens with one attached hydrogen (secondary N) is 1. The molecule has 4 nitrogen and oxygen atoms in total. The van der Waals surface area contributed by atoms with Gasteiger partial charge >= 0.3 is 6.09 Å². The van der Waals surface area contributed by atoms with E-state index in [1.54, 1.807) is 4.90 Å². The predicted octanol–water partition coefficient (Wildman–Crippen LogP) is 3.80. The maximum atomic E-state index is 12.2. The highest BCUT2D eigenvalue weighted by Gasteiger charge is 2.30. The average molecular weight is 298 g/mol. The molecule has 0 saturated heterocycles. The van der Waals surface area contributed by atoms with Crippen molar-refractivity contribution < 1.29 is 9.53 Å². The van der Waals surface area contributed by atoms with E-state index in [4.69, 9.17) is 4.74 Å². The maximum absolute atomic E-state index is 12.2. The van der Waals surface area contributed by atoms with E-state index in [1.165, 1.54) is 19.3 Å². The molecule has 1 aliphatic rings. The van der Waals surface area contributed by atoms with Crippen molar-refractivity contribution in [3.8, 4) is 0 Å². The van der Waals surface area contributed by atoms with E-state index in [0.717, 1.165) is 6.54 Å². The lowest BCUT2D eigenvalue weighted by molar-refractivity contribution is 0.0192. The summed E-state index contributed by atoms with van der Waals surface area (Å²) in [7, 11) is 0. The third-order valence-corrected chi connectivity index (χ3v) is 4.01. The Morgan fingerprint density at radius 2 is 2.00 bits per heavy atom. The molecule has 0 radical (unpaired) electrons. The van der Waals surface area contributed by atoms with E-state index >= 15 is 0 Å². The van der Waals surface area contributed by atoms with Crippen molar-refractivity contribution in [2.75, 3.05) is 13.1 Å². The summed E-state index contributed by atoms with van der Waals surface area (Å²) in [6, 6.07) is 0.745. The van der Waals surface area contributed by atoms with Gasteiger partial charge in [-0.1, -0.05) is 13.8 Å². The molecule has 1 amide bonds. The van der Waals surface area contributed by atoms with E-state index in [2.05, 4.69) is 19.2 Å². The van der Waals surface area contributed by atoms with Crippen molar-refractivity contribution in [3.63, 3.8) is 0 Å². The van der Waals surface area contributed by atoms with Crippen molar-refractivity contribution in [1.82, 2.24) is 10.2 Å². The second kappa shape index (κ2) is 6.99. The second-order valence-corrected chi connectivity index (χ2v) is 8.33. The van der Waals surface area contributed by atoms with Gasteiger partial charge in [0.05, 0.1) is 0 Å². The molecular formula is C17H34N2O2. The number of hydrogen-bond donors (Lipinski definition) is 1. The minimum Gasteiger partial charge on any atom is -0.444 e. The number of nitrogens with zero attached hydrogens (tertiary/aromatic N) is 1. The molecule has 4 heteroatoms. The Morgan fingerprint density at radius 3 is 2.43 bits per heavy atom. The molecule has 0 aromatic heterocycles. The van der Waals surface area contributed by atoms with Crippen LogP contribution in [-0.2, 0) is 4.74 Å². The molecule has 1 aliphatic carbocycles. The predicted molar refractivity (Wildman–Crippen MR) is 87.5 cm³/mol. The van der Waals surface area contributed by atoms with Crippen LogP contribution >= 0.6 is 0 Å². The van der Waals surface area contributed by atoms with Crippen molar-refractivity contribution >= 4 is 6.09 Å². The smallest absolute Gasteiger partial charge is 0.410 e. The van der Waals surface area contributed by atoms with Crippen LogP contribution in [0.5, 0.6) is 0 Å². The molecule has 0 aromatic carbocycles. The van der Waals surface area contributed by atoms with Gasteiger partial charge in [-0.25, -0.2) is 4.79 Å². The lowest BCUT2D eigenvalue weighted by Gasteiger charge is -2.30. The molecule has 1 atom stereocenters. The normalized spacial score (nSPS) is 21.6. The summed E-state index contributed by atoms with van der Waals surface area (Å²) >= 11 is 0. The summed E-state index contributed by atoms with van der Waals surface area (Å²) in [5, 5.41) is 3.59. The largest absolute Gasteiger partial charge is 0.444 e. The lowest BCUT2D eigenvalue weighted by Crippen LogP contribution is -2.45. The van der Waals surface area contributed by atoms with Crippen molar-refractivity contribution in [1.29, 1.82) is 0 Å². The SMILES string of the molecule is CC(C)N(CCNC1CCC(C)(C)C1)C(=O)OC(C)(C)C. The van der Waals surface area contributed by atoms with Gasteiger partial charge in [0.25, 0.3) is 0 Å². The molecular weight excluding hydrogens is 264 g/mol. The van der Waals surface area contributed by atoms with Gasteiger partial charge in [-0.15, -0.1) is 0 Å². The molecule has 0 heterocycles. The topological polar surface area (TPSA) is 41.6 Å². The first-order valence-electron chi connectivity index (χ1n) is 8.23. The molecule has 1 fully saturated rings. The summed E-state index contributed by atoms with van der Waals surface area (Å²) in [4.78, 5) is 14.0. The van der Waals surface area contributed by atoms with Gasteiger partial charge in [-0.2, -0.15) is 0 Å². The number of carbonyl (C=O) groups is 1. The van der Waals surface area contributed by atoms with Crippen LogP contribution in [0.4, 0.5) is 4.79 Å². The van der Waals surface area contributed by atoms with Crippen LogP contribution in [0.1, 0.15) is 67.7 Å². The Kier molecular flexibility index (Phi) is 6.09. The molecule has 1 saturated carbocycles. The molecule has 0 spiro atoms. The fraction of sp³-hybridized carbons (Fsp3) is 0.941. The van der Waals surface area contributed by atoms with E-state index in [1.807, 2.05) is 34.6 Å². The van der Waals surface area contributed by atoms with E-state index in [9.17, 15) is 4.79 Å². The van der Waals surface area contributed by atoms with Crippen LogP contribution in [0.2, 0.25) is 0 Å². The summed E-state index contributed by atoms with van der Waals surface area (Å²) < 4.78 is 5.48. The minimum atomic E-state index is -0.437. The summed E-state index contributed by atoms with van der Waals surface area (Å²) in [6.07, 6.45) is 3.53. The summed E-state index contributed by atoms with van der Waals surface area (Å²) in [5.74, 6) is 0. The number of rotatable bonds is 5. The summed E-state index contributed by atoms with van der Waals surface area (Å²) in [6.45, 7) is 16.0. The fourth-order valence-electron chi connectivity index (χ4n) is 2.88. The zero-order valence-electron chi connectivity index (χ0n) is 15.0. The highest BCUT2D eigenvalue weighted by molar-refractivity contribution is 5.68. The molecule has 0 bridgehead atoms. The van der Waals surface area contributed by atoms with Gasteiger partial charge in [0, 0.05) is 25.2 Å². The second-order valence-electron chi connectivity index (χ2n) is 8.33. The molecule has 124 valence electrons. The van der Waals surface area contributed by atoms with Crippen LogP contribution in [0, 0.1) is 5.41 Å². The van der Waals surface area contributed by atoms with E-state index < -0.39 is 5.60 Å². The van der Waals surface area contributed by atoms with Crippen LogP contribution in [-0.4, -0.2) is 41.8 Å². The Hall–Kier alpha value is -0.770.